The van der Waals surface area contributed by atoms with Crippen LogP contribution in [-0.4, -0.2) is 35.0 Å². The molecule has 0 aliphatic rings. The summed E-state index contributed by atoms with van der Waals surface area (Å²) < 4.78 is 0. The number of nitrogens with two attached hydrogens (primary N) is 1. The zero-order chi connectivity index (χ0) is 14.5. The minimum Gasteiger partial charge on any atom is -0.308 e. The lowest BCUT2D eigenvalue weighted by atomic mass is 10.1. The first-order valence-corrected chi connectivity index (χ1v) is 8.09. The summed E-state index contributed by atoms with van der Waals surface area (Å²) in [6.45, 7) is 3.07. The summed E-state index contributed by atoms with van der Waals surface area (Å²) in [6.07, 6.45) is 2.13. The SMILES string of the molecule is CSCC(C)N(C)Cc1cc2ccccc2nc1NN. The van der Waals surface area contributed by atoms with Crippen LogP contribution in [0.4, 0.5) is 5.82 Å². The Hall–Kier alpha value is -1.30. The van der Waals surface area contributed by atoms with Crippen molar-refractivity contribution in [1.29, 1.82) is 0 Å². The van der Waals surface area contributed by atoms with Crippen molar-refractivity contribution >= 4 is 28.5 Å². The average molecular weight is 290 g/mol. The van der Waals surface area contributed by atoms with Crippen molar-refractivity contribution in [3.8, 4) is 0 Å². The Morgan fingerprint density at radius 1 is 1.40 bits per heavy atom. The number of thioether (sulfide) groups is 1. The van der Waals surface area contributed by atoms with Crippen LogP contribution in [0.15, 0.2) is 30.3 Å². The number of anilines is 1. The van der Waals surface area contributed by atoms with E-state index in [1.165, 1.54) is 0 Å². The Bertz CT molecular complexity index is 573. The van der Waals surface area contributed by atoms with Gasteiger partial charge in [0.1, 0.15) is 5.82 Å². The molecule has 1 aromatic heterocycles. The summed E-state index contributed by atoms with van der Waals surface area (Å²) in [5.74, 6) is 7.49. The molecule has 2 aromatic rings. The predicted molar refractivity (Wildman–Crippen MR) is 88.9 cm³/mol. The first kappa shape index (κ1) is 15.1. The van der Waals surface area contributed by atoms with Crippen LogP contribution in [0.5, 0.6) is 0 Å². The second kappa shape index (κ2) is 6.92. The minimum absolute atomic E-state index is 0.516. The number of hydrazine groups is 1. The molecule has 0 amide bonds. The number of hydrogen-bond donors (Lipinski definition) is 2. The molecule has 0 spiro atoms. The number of benzene rings is 1. The van der Waals surface area contributed by atoms with E-state index in [0.717, 1.165) is 34.6 Å². The average Bonchev–Trinajstić information content (AvgIpc) is 2.46. The topological polar surface area (TPSA) is 54.2 Å². The molecule has 0 fully saturated rings. The van der Waals surface area contributed by atoms with Crippen molar-refractivity contribution in [2.24, 2.45) is 5.84 Å². The number of para-hydroxylation sites is 1. The summed E-state index contributed by atoms with van der Waals surface area (Å²) in [5.41, 5.74) is 4.81. The maximum atomic E-state index is 5.62. The molecule has 4 nitrogen and oxygen atoms in total. The molecule has 0 aliphatic heterocycles. The molecule has 1 atom stereocenters. The molecule has 1 aromatic carbocycles. The molecule has 2 rings (SSSR count). The molecule has 0 aliphatic carbocycles. The van der Waals surface area contributed by atoms with Crippen molar-refractivity contribution in [3.63, 3.8) is 0 Å². The van der Waals surface area contributed by atoms with Gasteiger partial charge in [-0.1, -0.05) is 18.2 Å². The fourth-order valence-corrected chi connectivity index (χ4v) is 2.94. The van der Waals surface area contributed by atoms with Crippen LogP contribution < -0.4 is 11.3 Å². The fourth-order valence-electron chi connectivity index (χ4n) is 2.20. The van der Waals surface area contributed by atoms with E-state index in [-0.39, 0.29) is 0 Å². The highest BCUT2D eigenvalue weighted by atomic mass is 32.2. The molecule has 20 heavy (non-hydrogen) atoms. The van der Waals surface area contributed by atoms with Crippen molar-refractivity contribution < 1.29 is 0 Å². The first-order valence-electron chi connectivity index (χ1n) is 6.70. The maximum Gasteiger partial charge on any atom is 0.145 e. The van der Waals surface area contributed by atoms with Gasteiger partial charge in [0.25, 0.3) is 0 Å². The van der Waals surface area contributed by atoms with Gasteiger partial charge in [0.2, 0.25) is 0 Å². The molecule has 3 N–H and O–H groups in total. The Morgan fingerprint density at radius 2 is 2.15 bits per heavy atom. The third-order valence-electron chi connectivity index (χ3n) is 3.52. The second-order valence-electron chi connectivity index (χ2n) is 5.05. The van der Waals surface area contributed by atoms with Gasteiger partial charge in [-0.3, -0.25) is 4.90 Å². The smallest absolute Gasteiger partial charge is 0.145 e. The van der Waals surface area contributed by atoms with Gasteiger partial charge in [0.05, 0.1) is 5.52 Å². The number of nitrogen functional groups attached to an aromatic ring is 1. The first-order chi connectivity index (χ1) is 9.65. The standard InChI is InChI=1S/C15H22N4S/c1-11(10-20-3)19(2)9-13-8-12-6-4-5-7-14(12)17-15(13)18-16/h4-8,11H,9-10,16H2,1-3H3,(H,17,18). The van der Waals surface area contributed by atoms with Crippen LogP contribution >= 0.6 is 11.8 Å². The second-order valence-corrected chi connectivity index (χ2v) is 5.96. The number of hydrogen-bond acceptors (Lipinski definition) is 5. The largest absolute Gasteiger partial charge is 0.308 e. The van der Waals surface area contributed by atoms with Gasteiger partial charge < -0.3 is 5.43 Å². The molecular weight excluding hydrogens is 268 g/mol. The van der Waals surface area contributed by atoms with Crippen LogP contribution in [0.25, 0.3) is 10.9 Å². The lowest BCUT2D eigenvalue weighted by Crippen LogP contribution is -2.31. The van der Waals surface area contributed by atoms with Crippen LogP contribution in [0.2, 0.25) is 0 Å². The van der Waals surface area contributed by atoms with Crippen molar-refractivity contribution in [3.05, 3.63) is 35.9 Å². The molecule has 1 unspecified atom stereocenters. The summed E-state index contributed by atoms with van der Waals surface area (Å²) >= 11 is 1.86. The van der Waals surface area contributed by atoms with E-state index in [1.807, 2.05) is 30.0 Å². The van der Waals surface area contributed by atoms with Gasteiger partial charge in [-0.05, 0) is 32.4 Å². The van der Waals surface area contributed by atoms with E-state index in [1.54, 1.807) is 0 Å². The highest BCUT2D eigenvalue weighted by molar-refractivity contribution is 7.98. The monoisotopic (exact) mass is 290 g/mol. The van der Waals surface area contributed by atoms with Crippen molar-refractivity contribution in [2.75, 3.05) is 24.5 Å². The number of aromatic nitrogens is 1. The van der Waals surface area contributed by atoms with Gasteiger partial charge in [0, 0.05) is 29.3 Å². The minimum atomic E-state index is 0.516. The Labute approximate surface area is 124 Å². The van der Waals surface area contributed by atoms with Gasteiger partial charge in [0.15, 0.2) is 0 Å². The van der Waals surface area contributed by atoms with Gasteiger partial charge >= 0.3 is 0 Å². The summed E-state index contributed by atoms with van der Waals surface area (Å²) in [4.78, 5) is 6.91. The van der Waals surface area contributed by atoms with Crippen LogP contribution in [0.3, 0.4) is 0 Å². The zero-order valence-electron chi connectivity index (χ0n) is 12.3. The van der Waals surface area contributed by atoms with Crippen molar-refractivity contribution in [2.45, 2.75) is 19.5 Å². The number of nitrogens with one attached hydrogen (secondary N) is 1. The highest BCUT2D eigenvalue weighted by Crippen LogP contribution is 2.21. The van der Waals surface area contributed by atoms with Crippen LogP contribution in [0.1, 0.15) is 12.5 Å². The van der Waals surface area contributed by atoms with Gasteiger partial charge in [-0.15, -0.1) is 0 Å². The maximum absolute atomic E-state index is 5.62. The summed E-state index contributed by atoms with van der Waals surface area (Å²) in [7, 11) is 2.14. The Balaban J connectivity index is 2.28. The van der Waals surface area contributed by atoms with E-state index in [4.69, 9.17) is 5.84 Å². The molecule has 5 heteroatoms. The summed E-state index contributed by atoms with van der Waals surface area (Å²) in [6, 6.07) is 10.8. The Morgan fingerprint density at radius 3 is 2.85 bits per heavy atom. The molecule has 0 saturated carbocycles. The predicted octanol–water partition coefficient (Wildman–Crippen LogP) is 2.70. The summed E-state index contributed by atoms with van der Waals surface area (Å²) in [5, 5.41) is 1.15. The molecule has 0 saturated heterocycles. The number of rotatable bonds is 6. The molecule has 108 valence electrons. The quantitative estimate of drug-likeness (QED) is 0.633. The molecule has 0 bridgehead atoms. The lowest BCUT2D eigenvalue weighted by Gasteiger charge is -2.25. The third kappa shape index (κ3) is 3.42. The highest BCUT2D eigenvalue weighted by Gasteiger charge is 2.12. The Kier molecular flexibility index (Phi) is 5.23. The fraction of sp³-hybridized carbons (Fsp3) is 0.400. The molecule has 0 radical (unpaired) electrons. The number of nitrogens with zero attached hydrogens (tertiary/aromatic N) is 2. The van der Waals surface area contributed by atoms with Crippen molar-refractivity contribution in [1.82, 2.24) is 9.88 Å². The van der Waals surface area contributed by atoms with E-state index in [2.05, 4.69) is 47.7 Å². The third-order valence-corrected chi connectivity index (χ3v) is 4.34. The van der Waals surface area contributed by atoms with Gasteiger partial charge in [-0.25, -0.2) is 10.8 Å². The van der Waals surface area contributed by atoms with Gasteiger partial charge in [-0.2, -0.15) is 11.8 Å². The normalized spacial score (nSPS) is 12.8. The molecular formula is C15H22N4S. The molecule has 1 heterocycles. The van der Waals surface area contributed by atoms with E-state index in [0.29, 0.717) is 6.04 Å². The lowest BCUT2D eigenvalue weighted by molar-refractivity contribution is 0.270. The van der Waals surface area contributed by atoms with E-state index >= 15 is 0 Å². The van der Waals surface area contributed by atoms with Crippen LogP contribution in [-0.2, 0) is 6.54 Å². The zero-order valence-corrected chi connectivity index (χ0v) is 13.1. The number of fused-ring (bicyclic) bond motifs is 1. The van der Waals surface area contributed by atoms with E-state index in [9.17, 15) is 0 Å². The van der Waals surface area contributed by atoms with Crippen LogP contribution in [0, 0.1) is 0 Å². The number of pyridine rings is 1. The van der Waals surface area contributed by atoms with E-state index < -0.39 is 0 Å².